The Balaban J connectivity index is 1.43. The molecule has 0 aromatic heterocycles. The number of para-hydroxylation sites is 2. The van der Waals surface area contributed by atoms with Crippen LogP contribution < -0.4 is 15.5 Å². The van der Waals surface area contributed by atoms with Crippen LogP contribution in [0.3, 0.4) is 0 Å². The number of hydrogen-bond acceptors (Lipinski definition) is 3. The SMILES string of the molecule is NCc1ccc(N2C(=O)C(Cc3ccc(Cl)c(Cl)c3)C(=O)N(Cc3ccc(-c4ccccc4)cc3)c3ccccc32)cc1. The lowest BCUT2D eigenvalue weighted by molar-refractivity contribution is -0.131. The molecule has 5 aromatic rings. The van der Waals surface area contributed by atoms with E-state index in [4.69, 9.17) is 28.9 Å². The van der Waals surface area contributed by atoms with Gasteiger partial charge >= 0.3 is 0 Å². The Hall–Kier alpha value is -4.42. The molecule has 0 aliphatic carbocycles. The van der Waals surface area contributed by atoms with Crippen LogP contribution in [0, 0.1) is 5.92 Å². The summed E-state index contributed by atoms with van der Waals surface area (Å²) < 4.78 is 0. The van der Waals surface area contributed by atoms with E-state index in [1.807, 2.05) is 78.9 Å². The van der Waals surface area contributed by atoms with E-state index in [2.05, 4.69) is 24.3 Å². The monoisotopic (exact) mass is 605 g/mol. The number of amides is 2. The Labute approximate surface area is 261 Å². The number of fused-ring (bicyclic) bond motifs is 1. The molecule has 7 heteroatoms. The van der Waals surface area contributed by atoms with Crippen LogP contribution in [0.1, 0.15) is 16.7 Å². The van der Waals surface area contributed by atoms with Crippen LogP contribution in [0.4, 0.5) is 17.1 Å². The Morgan fingerprint density at radius 3 is 1.88 bits per heavy atom. The van der Waals surface area contributed by atoms with Crippen molar-refractivity contribution in [2.45, 2.75) is 19.5 Å². The maximum atomic E-state index is 14.4. The van der Waals surface area contributed by atoms with Gasteiger partial charge in [-0.2, -0.15) is 0 Å². The van der Waals surface area contributed by atoms with Crippen LogP contribution in [0.25, 0.3) is 11.1 Å². The second-order valence-electron chi connectivity index (χ2n) is 10.5. The second-order valence-corrected chi connectivity index (χ2v) is 11.3. The maximum absolute atomic E-state index is 14.4. The molecule has 1 aliphatic heterocycles. The number of rotatable bonds is 7. The number of carbonyl (C=O) groups is 2. The lowest BCUT2D eigenvalue weighted by Crippen LogP contribution is -2.41. The first-order valence-corrected chi connectivity index (χ1v) is 14.8. The molecule has 0 radical (unpaired) electrons. The van der Waals surface area contributed by atoms with Crippen LogP contribution in [-0.4, -0.2) is 11.8 Å². The molecule has 0 spiro atoms. The number of halogens is 2. The van der Waals surface area contributed by atoms with Gasteiger partial charge in [0.25, 0.3) is 0 Å². The predicted octanol–water partition coefficient (Wildman–Crippen LogP) is 8.19. The predicted molar refractivity (Wildman–Crippen MR) is 175 cm³/mol. The van der Waals surface area contributed by atoms with Crippen LogP contribution in [0.2, 0.25) is 10.0 Å². The van der Waals surface area contributed by atoms with E-state index in [0.29, 0.717) is 40.2 Å². The van der Waals surface area contributed by atoms with Gasteiger partial charge in [-0.1, -0.05) is 108 Å². The zero-order valence-corrected chi connectivity index (χ0v) is 24.8. The minimum absolute atomic E-state index is 0.170. The number of benzene rings is 5. The first-order valence-electron chi connectivity index (χ1n) is 14.0. The van der Waals surface area contributed by atoms with Gasteiger partial charge in [0.1, 0.15) is 5.92 Å². The molecule has 214 valence electrons. The molecule has 5 aromatic carbocycles. The van der Waals surface area contributed by atoms with Gasteiger partial charge in [0.15, 0.2) is 0 Å². The Morgan fingerprint density at radius 2 is 1.21 bits per heavy atom. The Morgan fingerprint density at radius 1 is 0.605 bits per heavy atom. The van der Waals surface area contributed by atoms with E-state index >= 15 is 0 Å². The molecule has 1 atom stereocenters. The van der Waals surface area contributed by atoms with Crippen molar-refractivity contribution in [1.29, 1.82) is 0 Å². The molecular formula is C36H29Cl2N3O2. The summed E-state index contributed by atoms with van der Waals surface area (Å²) >= 11 is 12.5. The minimum atomic E-state index is -0.998. The summed E-state index contributed by atoms with van der Waals surface area (Å²) in [6, 6.07) is 38.6. The highest BCUT2D eigenvalue weighted by atomic mass is 35.5. The minimum Gasteiger partial charge on any atom is -0.326 e. The van der Waals surface area contributed by atoms with Gasteiger partial charge in [0.2, 0.25) is 11.8 Å². The summed E-state index contributed by atoms with van der Waals surface area (Å²) in [5, 5.41) is 0.791. The highest BCUT2D eigenvalue weighted by Gasteiger charge is 2.41. The first kappa shape index (κ1) is 28.7. The molecule has 0 bridgehead atoms. The molecule has 0 saturated carbocycles. The van der Waals surface area contributed by atoms with Crippen molar-refractivity contribution < 1.29 is 9.59 Å². The standard InChI is InChI=1S/C36H29Cl2N3O2/c37-31-19-14-26(21-32(31)38)20-30-35(42)40(23-25-10-15-28(16-11-25)27-6-2-1-3-7-27)33-8-4-5-9-34(33)41(36(30)43)29-17-12-24(22-39)13-18-29/h1-19,21,30H,20,22-23,39H2. The third kappa shape index (κ3) is 5.93. The van der Waals surface area contributed by atoms with E-state index in [1.54, 1.807) is 28.0 Å². The zero-order chi connectivity index (χ0) is 29.9. The molecule has 0 saturated heterocycles. The summed E-state index contributed by atoms with van der Waals surface area (Å²) in [6.45, 7) is 0.691. The summed E-state index contributed by atoms with van der Waals surface area (Å²) in [5.74, 6) is -1.59. The molecule has 5 nitrogen and oxygen atoms in total. The van der Waals surface area contributed by atoms with E-state index in [9.17, 15) is 9.59 Å². The fraction of sp³-hybridized carbons (Fsp3) is 0.111. The number of carbonyl (C=O) groups excluding carboxylic acids is 2. The highest BCUT2D eigenvalue weighted by Crippen LogP contribution is 2.41. The number of nitrogens with zero attached hydrogens (tertiary/aromatic N) is 2. The van der Waals surface area contributed by atoms with Crippen LogP contribution in [0.5, 0.6) is 0 Å². The van der Waals surface area contributed by atoms with Crippen molar-refractivity contribution in [3.8, 4) is 11.1 Å². The van der Waals surface area contributed by atoms with Crippen molar-refractivity contribution in [2.24, 2.45) is 11.7 Å². The summed E-state index contributed by atoms with van der Waals surface area (Å²) in [5.41, 5.74) is 12.7. The largest absolute Gasteiger partial charge is 0.326 e. The number of anilines is 3. The molecule has 6 rings (SSSR count). The van der Waals surface area contributed by atoms with Crippen molar-refractivity contribution in [2.75, 3.05) is 9.80 Å². The van der Waals surface area contributed by atoms with Crippen molar-refractivity contribution >= 4 is 52.1 Å². The second kappa shape index (κ2) is 12.4. The topological polar surface area (TPSA) is 66.6 Å². The smallest absolute Gasteiger partial charge is 0.244 e. The van der Waals surface area contributed by atoms with E-state index < -0.39 is 5.92 Å². The van der Waals surface area contributed by atoms with E-state index in [0.717, 1.165) is 27.8 Å². The molecule has 2 N–H and O–H groups in total. The van der Waals surface area contributed by atoms with Gasteiger partial charge in [-0.3, -0.25) is 14.5 Å². The van der Waals surface area contributed by atoms with Gasteiger partial charge < -0.3 is 10.6 Å². The first-order chi connectivity index (χ1) is 20.9. The van der Waals surface area contributed by atoms with Crippen molar-refractivity contribution in [1.82, 2.24) is 0 Å². The number of nitrogens with two attached hydrogens (primary N) is 1. The molecule has 1 heterocycles. The van der Waals surface area contributed by atoms with Crippen molar-refractivity contribution in [3.63, 3.8) is 0 Å². The summed E-state index contributed by atoms with van der Waals surface area (Å²) in [6.07, 6.45) is 0.170. The van der Waals surface area contributed by atoms with Gasteiger partial charge in [0.05, 0.1) is 28.0 Å². The third-order valence-electron chi connectivity index (χ3n) is 7.75. The zero-order valence-electron chi connectivity index (χ0n) is 23.3. The average Bonchev–Trinajstić information content (AvgIpc) is 3.12. The van der Waals surface area contributed by atoms with Crippen LogP contribution in [0.15, 0.2) is 121 Å². The maximum Gasteiger partial charge on any atom is 0.244 e. The van der Waals surface area contributed by atoms with Crippen LogP contribution >= 0.6 is 23.2 Å². The highest BCUT2D eigenvalue weighted by molar-refractivity contribution is 6.42. The van der Waals surface area contributed by atoms with Gasteiger partial charge in [-0.05, 0) is 70.6 Å². The summed E-state index contributed by atoms with van der Waals surface area (Å²) in [4.78, 5) is 32.2. The lowest BCUT2D eigenvalue weighted by atomic mass is 9.96. The molecule has 1 aliphatic rings. The fourth-order valence-electron chi connectivity index (χ4n) is 5.47. The van der Waals surface area contributed by atoms with Crippen molar-refractivity contribution in [3.05, 3.63) is 148 Å². The average molecular weight is 607 g/mol. The molecule has 43 heavy (non-hydrogen) atoms. The van der Waals surface area contributed by atoms with Gasteiger partial charge in [-0.25, -0.2) is 0 Å². The molecular weight excluding hydrogens is 577 g/mol. The quantitative estimate of drug-likeness (QED) is 0.190. The molecule has 2 amide bonds. The molecule has 0 fully saturated rings. The third-order valence-corrected chi connectivity index (χ3v) is 8.49. The lowest BCUT2D eigenvalue weighted by Gasteiger charge is -2.26. The Kier molecular flexibility index (Phi) is 8.30. The Bertz CT molecular complexity index is 1770. The van der Waals surface area contributed by atoms with Gasteiger partial charge in [0, 0.05) is 12.2 Å². The summed E-state index contributed by atoms with van der Waals surface area (Å²) in [7, 11) is 0. The van der Waals surface area contributed by atoms with Crippen LogP contribution in [-0.2, 0) is 29.1 Å². The fourth-order valence-corrected chi connectivity index (χ4v) is 5.79. The number of hydrogen-bond donors (Lipinski definition) is 1. The van der Waals surface area contributed by atoms with E-state index in [1.165, 1.54) is 0 Å². The van der Waals surface area contributed by atoms with Gasteiger partial charge in [-0.15, -0.1) is 0 Å². The normalized spacial score (nSPS) is 14.9. The molecule has 1 unspecified atom stereocenters. The van der Waals surface area contributed by atoms with E-state index in [-0.39, 0.29) is 18.2 Å².